The molecule has 1 aromatic carbocycles. The first kappa shape index (κ1) is 16.7. The Bertz CT molecular complexity index is 516. The Morgan fingerprint density at radius 2 is 1.91 bits per heavy atom. The van der Waals surface area contributed by atoms with Crippen LogP contribution in [0.2, 0.25) is 0 Å². The number of benzene rings is 1. The molecule has 0 spiro atoms. The summed E-state index contributed by atoms with van der Waals surface area (Å²) in [6.45, 7) is 7.56. The van der Waals surface area contributed by atoms with E-state index < -0.39 is 11.7 Å². The zero-order valence-electron chi connectivity index (χ0n) is 12.6. The molecule has 0 heterocycles. The third-order valence-corrected chi connectivity index (χ3v) is 4.22. The number of allylic oxidation sites excluding steroid dienone is 1. The normalized spacial score (nSPS) is 22.1. The molecule has 0 radical (unpaired) electrons. The molecular weight excluding hydrogens is 287 g/mol. The molecule has 1 aliphatic carbocycles. The summed E-state index contributed by atoms with van der Waals surface area (Å²) >= 11 is 0. The predicted molar refractivity (Wildman–Crippen MR) is 83.4 cm³/mol. The van der Waals surface area contributed by atoms with Gasteiger partial charge in [0.05, 0.1) is 5.56 Å². The summed E-state index contributed by atoms with van der Waals surface area (Å²) in [5, 5.41) is 3.35. The van der Waals surface area contributed by atoms with Crippen molar-refractivity contribution in [3.8, 4) is 0 Å². The van der Waals surface area contributed by atoms with Crippen molar-refractivity contribution in [2.45, 2.75) is 44.3 Å². The molecular formula is C18H22F3N. The monoisotopic (exact) mass is 309 g/mol. The van der Waals surface area contributed by atoms with Crippen molar-refractivity contribution >= 4 is 0 Å². The Hall–Kier alpha value is -1.71. The van der Waals surface area contributed by atoms with Crippen LogP contribution in [0.1, 0.15) is 36.8 Å². The molecule has 4 heteroatoms. The van der Waals surface area contributed by atoms with Crippen LogP contribution < -0.4 is 5.32 Å². The Balaban J connectivity index is 1.92. The van der Waals surface area contributed by atoms with E-state index in [1.807, 2.05) is 0 Å². The molecule has 1 N–H and O–H groups in total. The minimum atomic E-state index is -4.26. The van der Waals surface area contributed by atoms with Crippen LogP contribution in [0.5, 0.6) is 0 Å². The Morgan fingerprint density at radius 1 is 1.23 bits per heavy atom. The number of hydrogen-bond acceptors (Lipinski definition) is 1. The maximum atomic E-state index is 12.6. The first-order valence-electron chi connectivity index (χ1n) is 7.62. The molecule has 0 aliphatic heterocycles. The molecule has 22 heavy (non-hydrogen) atoms. The predicted octanol–water partition coefficient (Wildman–Crippen LogP) is 5.10. The Kier molecular flexibility index (Phi) is 5.33. The average Bonchev–Trinajstić information content (AvgIpc) is 2.47. The molecule has 0 aromatic heterocycles. The van der Waals surface area contributed by atoms with Gasteiger partial charge in [0, 0.05) is 11.7 Å². The van der Waals surface area contributed by atoms with Gasteiger partial charge >= 0.3 is 6.18 Å². The highest BCUT2D eigenvalue weighted by molar-refractivity contribution is 5.25. The Morgan fingerprint density at radius 3 is 2.50 bits per heavy atom. The minimum absolute atomic E-state index is 0.388. The molecule has 1 aliphatic rings. The molecule has 0 saturated heterocycles. The van der Waals surface area contributed by atoms with Gasteiger partial charge in [-0.15, -0.1) is 0 Å². The van der Waals surface area contributed by atoms with Crippen LogP contribution in [0.15, 0.2) is 49.2 Å². The second-order valence-electron chi connectivity index (χ2n) is 6.00. The number of hydrogen-bond donors (Lipinski definition) is 1. The summed E-state index contributed by atoms with van der Waals surface area (Å²) < 4.78 is 37.7. The highest BCUT2D eigenvalue weighted by Crippen LogP contribution is 2.31. The molecule has 2 atom stereocenters. The SMILES string of the molecule is C=CC(=C)NC1CCCC(Cc2ccc(C(F)(F)F)cc2)C1. The summed E-state index contributed by atoms with van der Waals surface area (Å²) in [7, 11) is 0. The van der Waals surface area contributed by atoms with Crippen LogP contribution >= 0.6 is 0 Å². The lowest BCUT2D eigenvalue weighted by Crippen LogP contribution is -2.33. The van der Waals surface area contributed by atoms with E-state index in [1.165, 1.54) is 12.1 Å². The maximum absolute atomic E-state index is 12.6. The molecule has 120 valence electrons. The fraction of sp³-hybridized carbons (Fsp3) is 0.444. The smallest absolute Gasteiger partial charge is 0.383 e. The number of rotatable bonds is 5. The molecule has 1 saturated carbocycles. The highest BCUT2D eigenvalue weighted by Gasteiger charge is 2.30. The molecule has 1 nitrogen and oxygen atoms in total. The van der Waals surface area contributed by atoms with Gasteiger partial charge in [0.25, 0.3) is 0 Å². The quantitative estimate of drug-likeness (QED) is 0.747. The molecule has 2 unspecified atom stereocenters. The van der Waals surface area contributed by atoms with Crippen LogP contribution in [0.25, 0.3) is 0 Å². The third-order valence-electron chi connectivity index (χ3n) is 4.22. The Labute approximate surface area is 129 Å². The topological polar surface area (TPSA) is 12.0 Å². The zero-order chi connectivity index (χ0) is 16.2. The highest BCUT2D eigenvalue weighted by atomic mass is 19.4. The van der Waals surface area contributed by atoms with Gasteiger partial charge in [-0.3, -0.25) is 0 Å². The van der Waals surface area contributed by atoms with Gasteiger partial charge in [0.2, 0.25) is 0 Å². The summed E-state index contributed by atoms with van der Waals surface area (Å²) in [6, 6.07) is 5.94. The van der Waals surface area contributed by atoms with Gasteiger partial charge in [-0.1, -0.05) is 31.7 Å². The van der Waals surface area contributed by atoms with E-state index in [1.54, 1.807) is 18.2 Å². The molecule has 0 amide bonds. The van der Waals surface area contributed by atoms with Crippen molar-refractivity contribution < 1.29 is 13.2 Å². The summed E-state index contributed by atoms with van der Waals surface area (Å²) in [6.07, 6.45) is 2.66. The van der Waals surface area contributed by atoms with Crippen molar-refractivity contribution in [3.05, 3.63) is 60.3 Å². The van der Waals surface area contributed by atoms with E-state index in [0.717, 1.165) is 43.4 Å². The summed E-state index contributed by atoms with van der Waals surface area (Å²) in [5.74, 6) is 0.501. The van der Waals surface area contributed by atoms with Crippen LogP contribution in [0.3, 0.4) is 0 Å². The lowest BCUT2D eigenvalue weighted by molar-refractivity contribution is -0.137. The van der Waals surface area contributed by atoms with Crippen molar-refractivity contribution in [1.82, 2.24) is 5.32 Å². The first-order chi connectivity index (χ1) is 10.4. The lowest BCUT2D eigenvalue weighted by atomic mass is 9.82. The van der Waals surface area contributed by atoms with Gasteiger partial charge in [0.15, 0.2) is 0 Å². The summed E-state index contributed by atoms with van der Waals surface area (Å²) in [5.41, 5.74) is 1.23. The zero-order valence-corrected chi connectivity index (χ0v) is 12.6. The molecule has 0 bridgehead atoms. The van der Waals surface area contributed by atoms with E-state index in [2.05, 4.69) is 18.5 Å². The largest absolute Gasteiger partial charge is 0.416 e. The van der Waals surface area contributed by atoms with Gasteiger partial charge in [-0.25, -0.2) is 0 Å². The maximum Gasteiger partial charge on any atom is 0.416 e. The van der Waals surface area contributed by atoms with Gasteiger partial charge in [0.1, 0.15) is 0 Å². The minimum Gasteiger partial charge on any atom is -0.383 e. The van der Waals surface area contributed by atoms with E-state index in [-0.39, 0.29) is 0 Å². The molecule has 1 aromatic rings. The van der Waals surface area contributed by atoms with Crippen LogP contribution in [0, 0.1) is 5.92 Å². The standard InChI is InChI=1S/C18H22F3N/c1-3-13(2)22-17-6-4-5-15(12-17)11-14-7-9-16(10-8-14)18(19,20)21/h3,7-10,15,17,22H,1-2,4-6,11-12H2. The number of alkyl halides is 3. The van der Waals surface area contributed by atoms with Gasteiger partial charge < -0.3 is 5.32 Å². The van der Waals surface area contributed by atoms with E-state index >= 15 is 0 Å². The fourth-order valence-corrected chi connectivity index (χ4v) is 3.09. The van der Waals surface area contributed by atoms with E-state index in [0.29, 0.717) is 12.0 Å². The van der Waals surface area contributed by atoms with Crippen molar-refractivity contribution in [2.75, 3.05) is 0 Å². The third kappa shape index (κ3) is 4.65. The van der Waals surface area contributed by atoms with Gasteiger partial charge in [-0.2, -0.15) is 13.2 Å². The van der Waals surface area contributed by atoms with Crippen molar-refractivity contribution in [1.29, 1.82) is 0 Å². The average molecular weight is 309 g/mol. The van der Waals surface area contributed by atoms with Crippen LogP contribution in [0.4, 0.5) is 13.2 Å². The fourth-order valence-electron chi connectivity index (χ4n) is 3.09. The second kappa shape index (κ2) is 7.03. The van der Waals surface area contributed by atoms with Crippen LogP contribution in [-0.4, -0.2) is 6.04 Å². The summed E-state index contributed by atoms with van der Waals surface area (Å²) in [4.78, 5) is 0. The second-order valence-corrected chi connectivity index (χ2v) is 6.00. The van der Waals surface area contributed by atoms with Crippen LogP contribution in [-0.2, 0) is 12.6 Å². The number of halogens is 3. The van der Waals surface area contributed by atoms with Gasteiger partial charge in [-0.05, 0) is 55.4 Å². The van der Waals surface area contributed by atoms with E-state index in [9.17, 15) is 13.2 Å². The molecule has 2 rings (SSSR count). The lowest BCUT2D eigenvalue weighted by Gasteiger charge is -2.30. The molecule has 1 fully saturated rings. The number of nitrogens with one attached hydrogen (secondary N) is 1. The van der Waals surface area contributed by atoms with Crippen molar-refractivity contribution in [2.24, 2.45) is 5.92 Å². The first-order valence-corrected chi connectivity index (χ1v) is 7.62. The van der Waals surface area contributed by atoms with E-state index in [4.69, 9.17) is 0 Å². The van der Waals surface area contributed by atoms with Crippen molar-refractivity contribution in [3.63, 3.8) is 0 Å².